The van der Waals surface area contributed by atoms with Crippen LogP contribution >= 0.6 is 24.8 Å². The summed E-state index contributed by atoms with van der Waals surface area (Å²) in [6.45, 7) is 5.04. The van der Waals surface area contributed by atoms with E-state index in [4.69, 9.17) is 0 Å². The molecule has 0 unspecified atom stereocenters. The van der Waals surface area contributed by atoms with Gasteiger partial charge in [-0.05, 0) is 32.4 Å². The van der Waals surface area contributed by atoms with Crippen LogP contribution in [-0.2, 0) is 0 Å². The van der Waals surface area contributed by atoms with E-state index in [0.29, 0.717) is 0 Å². The molecular weight excluding hydrogens is 207 g/mol. The number of nitrogens with one attached hydrogen (secondary N) is 1. The average Bonchev–Trinajstić information content (AvgIpc) is 2.12. The van der Waals surface area contributed by atoms with Gasteiger partial charge in [0.2, 0.25) is 0 Å². The molecule has 1 aliphatic heterocycles. The van der Waals surface area contributed by atoms with Crippen molar-refractivity contribution in [2.24, 2.45) is 0 Å². The molecular formula is C9H20Cl2N2. The number of hydrogen-bond donors (Lipinski definition) is 1. The Morgan fingerprint density at radius 2 is 1.69 bits per heavy atom. The number of rotatable bonds is 1. The first kappa shape index (κ1) is 13.5. The van der Waals surface area contributed by atoms with E-state index in [2.05, 4.69) is 10.2 Å². The maximum Gasteiger partial charge on any atom is 0.0110 e. The average molecular weight is 227 g/mol. The summed E-state index contributed by atoms with van der Waals surface area (Å²) >= 11 is 0. The van der Waals surface area contributed by atoms with Crippen molar-refractivity contribution in [3.05, 3.63) is 0 Å². The fourth-order valence-electron chi connectivity index (χ4n) is 1.98. The van der Waals surface area contributed by atoms with Crippen LogP contribution in [0.15, 0.2) is 0 Å². The smallest absolute Gasteiger partial charge is 0.0110 e. The third-order valence-corrected chi connectivity index (χ3v) is 2.97. The van der Waals surface area contributed by atoms with E-state index in [1.54, 1.807) is 0 Å². The fourth-order valence-corrected chi connectivity index (χ4v) is 1.98. The SMILES string of the molecule is C1CC(N2CCCNCC2)C1.Cl.Cl. The molecule has 0 bridgehead atoms. The lowest BCUT2D eigenvalue weighted by atomic mass is 9.91. The number of nitrogens with zero attached hydrogens (tertiary/aromatic N) is 1. The standard InChI is InChI=1S/C9H18N2.2ClH/c1-3-9(4-1)11-7-2-5-10-6-8-11;;/h9-10H,1-8H2;2*1H. The van der Waals surface area contributed by atoms with Gasteiger partial charge in [-0.3, -0.25) is 4.90 Å². The van der Waals surface area contributed by atoms with Crippen LogP contribution in [0.1, 0.15) is 25.7 Å². The zero-order valence-electron chi connectivity index (χ0n) is 8.00. The zero-order chi connectivity index (χ0) is 7.52. The summed E-state index contributed by atoms with van der Waals surface area (Å²) < 4.78 is 0. The molecule has 13 heavy (non-hydrogen) atoms. The van der Waals surface area contributed by atoms with E-state index in [1.165, 1.54) is 51.9 Å². The molecule has 0 spiro atoms. The van der Waals surface area contributed by atoms with Crippen LogP contribution < -0.4 is 5.32 Å². The second-order valence-electron chi connectivity index (χ2n) is 3.72. The van der Waals surface area contributed by atoms with Crippen LogP contribution in [0, 0.1) is 0 Å². The van der Waals surface area contributed by atoms with Crippen molar-refractivity contribution in [1.82, 2.24) is 10.2 Å². The molecule has 0 radical (unpaired) electrons. The molecule has 1 aliphatic carbocycles. The van der Waals surface area contributed by atoms with E-state index >= 15 is 0 Å². The maximum atomic E-state index is 3.44. The molecule has 2 aliphatic rings. The van der Waals surface area contributed by atoms with Crippen LogP contribution in [0.2, 0.25) is 0 Å². The minimum atomic E-state index is 0. The highest BCUT2D eigenvalue weighted by atomic mass is 35.5. The molecule has 1 heterocycles. The molecule has 1 N–H and O–H groups in total. The minimum Gasteiger partial charge on any atom is -0.315 e. The lowest BCUT2D eigenvalue weighted by Gasteiger charge is -2.36. The summed E-state index contributed by atoms with van der Waals surface area (Å²) in [5.41, 5.74) is 0. The van der Waals surface area contributed by atoms with Gasteiger partial charge in [-0.1, -0.05) is 6.42 Å². The van der Waals surface area contributed by atoms with Crippen molar-refractivity contribution >= 4 is 24.8 Å². The molecule has 2 nitrogen and oxygen atoms in total. The van der Waals surface area contributed by atoms with E-state index in [-0.39, 0.29) is 24.8 Å². The normalized spacial score (nSPS) is 24.9. The van der Waals surface area contributed by atoms with Gasteiger partial charge in [0.1, 0.15) is 0 Å². The molecule has 0 amide bonds. The van der Waals surface area contributed by atoms with Gasteiger partial charge in [0, 0.05) is 19.1 Å². The van der Waals surface area contributed by atoms with E-state index in [1.807, 2.05) is 0 Å². The topological polar surface area (TPSA) is 15.3 Å². The monoisotopic (exact) mass is 226 g/mol. The van der Waals surface area contributed by atoms with Crippen molar-refractivity contribution in [3.8, 4) is 0 Å². The van der Waals surface area contributed by atoms with Gasteiger partial charge in [0.15, 0.2) is 0 Å². The van der Waals surface area contributed by atoms with Gasteiger partial charge >= 0.3 is 0 Å². The Morgan fingerprint density at radius 3 is 2.31 bits per heavy atom. The van der Waals surface area contributed by atoms with Gasteiger partial charge in [0.05, 0.1) is 0 Å². The molecule has 0 aromatic carbocycles. The predicted octanol–water partition coefficient (Wildman–Crippen LogP) is 1.68. The molecule has 1 saturated carbocycles. The van der Waals surface area contributed by atoms with Gasteiger partial charge in [-0.25, -0.2) is 0 Å². The molecule has 2 fully saturated rings. The predicted molar refractivity (Wildman–Crippen MR) is 61.2 cm³/mol. The van der Waals surface area contributed by atoms with E-state index < -0.39 is 0 Å². The van der Waals surface area contributed by atoms with Gasteiger partial charge in [-0.2, -0.15) is 0 Å². The summed E-state index contributed by atoms with van der Waals surface area (Å²) in [6, 6.07) is 0.954. The highest BCUT2D eigenvalue weighted by Crippen LogP contribution is 2.24. The van der Waals surface area contributed by atoms with Crippen molar-refractivity contribution in [1.29, 1.82) is 0 Å². The molecule has 0 aromatic rings. The summed E-state index contributed by atoms with van der Waals surface area (Å²) in [4.78, 5) is 2.67. The van der Waals surface area contributed by atoms with E-state index in [0.717, 1.165) is 6.04 Å². The third-order valence-electron chi connectivity index (χ3n) is 2.97. The maximum absolute atomic E-state index is 3.44. The van der Waals surface area contributed by atoms with Crippen LogP contribution in [0.4, 0.5) is 0 Å². The number of halogens is 2. The largest absolute Gasteiger partial charge is 0.315 e. The van der Waals surface area contributed by atoms with Crippen molar-refractivity contribution < 1.29 is 0 Å². The minimum absolute atomic E-state index is 0. The Balaban J connectivity index is 0.000000720. The highest BCUT2D eigenvalue weighted by Gasteiger charge is 2.24. The quantitative estimate of drug-likeness (QED) is 0.733. The third kappa shape index (κ3) is 3.62. The van der Waals surface area contributed by atoms with Crippen molar-refractivity contribution in [2.45, 2.75) is 31.7 Å². The molecule has 2 rings (SSSR count). The number of hydrogen-bond acceptors (Lipinski definition) is 2. The van der Waals surface area contributed by atoms with Gasteiger partial charge in [-0.15, -0.1) is 24.8 Å². The van der Waals surface area contributed by atoms with E-state index in [9.17, 15) is 0 Å². The molecule has 0 atom stereocenters. The summed E-state index contributed by atoms with van der Waals surface area (Å²) in [7, 11) is 0. The summed E-state index contributed by atoms with van der Waals surface area (Å²) in [5.74, 6) is 0. The molecule has 1 saturated heterocycles. The Morgan fingerprint density at radius 1 is 0.923 bits per heavy atom. The summed E-state index contributed by atoms with van der Waals surface area (Å²) in [6.07, 6.45) is 5.73. The van der Waals surface area contributed by atoms with Crippen LogP contribution in [-0.4, -0.2) is 37.1 Å². The highest BCUT2D eigenvalue weighted by molar-refractivity contribution is 5.85. The Kier molecular flexibility index (Phi) is 7.15. The Labute approximate surface area is 93.3 Å². The van der Waals surface area contributed by atoms with Gasteiger partial charge < -0.3 is 5.32 Å². The Hall–Kier alpha value is 0.500. The van der Waals surface area contributed by atoms with Crippen molar-refractivity contribution in [2.75, 3.05) is 26.2 Å². The summed E-state index contributed by atoms with van der Waals surface area (Å²) in [5, 5.41) is 3.44. The lowest BCUT2D eigenvalue weighted by Crippen LogP contribution is -2.41. The Bertz CT molecular complexity index is 121. The molecule has 80 valence electrons. The van der Waals surface area contributed by atoms with Gasteiger partial charge in [0.25, 0.3) is 0 Å². The first-order valence-electron chi connectivity index (χ1n) is 4.91. The first-order chi connectivity index (χ1) is 5.47. The van der Waals surface area contributed by atoms with Crippen LogP contribution in [0.3, 0.4) is 0 Å². The zero-order valence-corrected chi connectivity index (χ0v) is 9.63. The first-order valence-corrected chi connectivity index (χ1v) is 4.91. The van der Waals surface area contributed by atoms with Crippen molar-refractivity contribution in [3.63, 3.8) is 0 Å². The fraction of sp³-hybridized carbons (Fsp3) is 1.00. The lowest BCUT2D eigenvalue weighted by molar-refractivity contribution is 0.136. The van der Waals surface area contributed by atoms with Crippen LogP contribution in [0.25, 0.3) is 0 Å². The second kappa shape index (κ2) is 6.88. The molecule has 4 heteroatoms. The molecule has 0 aromatic heterocycles. The van der Waals surface area contributed by atoms with Crippen LogP contribution in [0.5, 0.6) is 0 Å². The second-order valence-corrected chi connectivity index (χ2v) is 3.72.